The Morgan fingerprint density at radius 1 is 1.11 bits per heavy atom. The largest absolute Gasteiger partial charge is 0.549 e. The molecule has 0 aliphatic carbocycles. The van der Waals surface area contributed by atoms with Gasteiger partial charge in [0.1, 0.15) is 0 Å². The van der Waals surface area contributed by atoms with Crippen LogP contribution in [0, 0.1) is 0 Å². The summed E-state index contributed by atoms with van der Waals surface area (Å²) >= 11 is 0. The monoisotopic (exact) mass is 264 g/mol. The lowest BCUT2D eigenvalue weighted by Gasteiger charge is -2.09. The number of rotatable bonds is 4. The molecule has 0 aromatic heterocycles. The highest BCUT2D eigenvalue weighted by Crippen LogP contribution is 2.22. The van der Waals surface area contributed by atoms with Crippen molar-refractivity contribution in [2.24, 2.45) is 0 Å². The Kier molecular flexibility index (Phi) is 3.31. The van der Waals surface area contributed by atoms with Gasteiger partial charge in [0.15, 0.2) is 0 Å². The summed E-state index contributed by atoms with van der Waals surface area (Å²) in [6.07, 6.45) is 0. The SMILES string of the molecule is O=C([O-])CNS(=O)(=O)c1cccc2ccccc12. The van der Waals surface area contributed by atoms with Crippen molar-refractivity contribution in [3.05, 3.63) is 42.5 Å². The van der Waals surface area contributed by atoms with E-state index in [4.69, 9.17) is 0 Å². The van der Waals surface area contributed by atoms with Crippen LogP contribution in [0.3, 0.4) is 0 Å². The average Bonchev–Trinajstić information content (AvgIpc) is 2.36. The molecule has 94 valence electrons. The summed E-state index contributed by atoms with van der Waals surface area (Å²) in [5.74, 6) is -1.47. The molecule has 0 saturated carbocycles. The zero-order valence-corrected chi connectivity index (χ0v) is 10.1. The van der Waals surface area contributed by atoms with E-state index in [9.17, 15) is 18.3 Å². The number of sulfonamides is 1. The molecular formula is C12H10NO4S-. The summed E-state index contributed by atoms with van der Waals surface area (Å²) in [7, 11) is -3.85. The second-order valence-corrected chi connectivity index (χ2v) is 5.41. The second kappa shape index (κ2) is 4.75. The Morgan fingerprint density at radius 2 is 1.78 bits per heavy atom. The summed E-state index contributed by atoms with van der Waals surface area (Å²) in [5, 5.41) is 11.6. The Bertz CT molecular complexity index is 689. The molecule has 2 aromatic rings. The molecule has 18 heavy (non-hydrogen) atoms. The van der Waals surface area contributed by atoms with Gasteiger partial charge in [-0.3, -0.25) is 0 Å². The van der Waals surface area contributed by atoms with E-state index >= 15 is 0 Å². The quantitative estimate of drug-likeness (QED) is 0.833. The lowest BCUT2D eigenvalue weighted by atomic mass is 10.1. The summed E-state index contributed by atoms with van der Waals surface area (Å²) in [6.45, 7) is -0.744. The standard InChI is InChI=1S/C12H11NO4S/c14-12(15)8-13-18(16,17)11-7-3-5-9-4-1-2-6-10(9)11/h1-7,13H,8H2,(H,14,15)/p-1. The van der Waals surface area contributed by atoms with E-state index in [0.29, 0.717) is 5.39 Å². The van der Waals surface area contributed by atoms with Crippen molar-refractivity contribution >= 4 is 26.8 Å². The van der Waals surface area contributed by atoms with Gasteiger partial charge < -0.3 is 9.90 Å². The van der Waals surface area contributed by atoms with Gasteiger partial charge in [0.2, 0.25) is 10.0 Å². The molecule has 6 heteroatoms. The van der Waals surface area contributed by atoms with E-state index in [2.05, 4.69) is 0 Å². The molecule has 5 nitrogen and oxygen atoms in total. The molecule has 0 aliphatic heterocycles. The van der Waals surface area contributed by atoms with Gasteiger partial charge in [0.05, 0.1) is 17.4 Å². The van der Waals surface area contributed by atoms with E-state index < -0.39 is 22.5 Å². The van der Waals surface area contributed by atoms with Crippen LogP contribution in [-0.2, 0) is 14.8 Å². The highest BCUT2D eigenvalue weighted by atomic mass is 32.2. The van der Waals surface area contributed by atoms with E-state index in [0.717, 1.165) is 5.39 Å². The zero-order valence-electron chi connectivity index (χ0n) is 9.29. The molecule has 1 N–H and O–H groups in total. The van der Waals surface area contributed by atoms with Crippen molar-refractivity contribution in [1.82, 2.24) is 4.72 Å². The number of hydrogen-bond acceptors (Lipinski definition) is 4. The Hall–Kier alpha value is -1.92. The molecule has 2 aromatic carbocycles. The third-order valence-electron chi connectivity index (χ3n) is 2.45. The molecule has 0 amide bonds. The summed E-state index contributed by atoms with van der Waals surface area (Å²) in [6, 6.07) is 11.8. The van der Waals surface area contributed by atoms with Crippen LogP contribution in [0.2, 0.25) is 0 Å². The van der Waals surface area contributed by atoms with Crippen LogP contribution in [0.4, 0.5) is 0 Å². The van der Waals surface area contributed by atoms with Crippen LogP contribution in [0.1, 0.15) is 0 Å². The fourth-order valence-corrected chi connectivity index (χ4v) is 2.86. The highest BCUT2D eigenvalue weighted by molar-refractivity contribution is 7.89. The van der Waals surface area contributed by atoms with E-state index in [1.54, 1.807) is 36.4 Å². The molecule has 0 heterocycles. The molecular weight excluding hydrogens is 254 g/mol. The number of carbonyl (C=O) groups is 1. The number of aliphatic carboxylic acids is 1. The minimum atomic E-state index is -3.85. The maximum Gasteiger partial charge on any atom is 0.241 e. The fourth-order valence-electron chi connectivity index (χ4n) is 1.66. The molecule has 0 fully saturated rings. The van der Waals surface area contributed by atoms with E-state index in [1.807, 2.05) is 4.72 Å². The van der Waals surface area contributed by atoms with Crippen LogP contribution in [-0.4, -0.2) is 20.9 Å². The minimum Gasteiger partial charge on any atom is -0.549 e. The Morgan fingerprint density at radius 3 is 2.50 bits per heavy atom. The van der Waals surface area contributed by atoms with Gasteiger partial charge in [-0.25, -0.2) is 13.1 Å². The number of hydrogen-bond donors (Lipinski definition) is 1. The Labute approximate surface area is 104 Å². The molecule has 0 radical (unpaired) electrons. The number of fused-ring (bicyclic) bond motifs is 1. The first kappa shape index (κ1) is 12.5. The normalized spacial score (nSPS) is 11.6. The number of carbonyl (C=O) groups excluding carboxylic acids is 1. The highest BCUT2D eigenvalue weighted by Gasteiger charge is 2.16. The smallest absolute Gasteiger partial charge is 0.241 e. The lowest BCUT2D eigenvalue weighted by Crippen LogP contribution is -2.37. The fraction of sp³-hybridized carbons (Fsp3) is 0.0833. The first-order valence-corrected chi connectivity index (χ1v) is 6.66. The maximum absolute atomic E-state index is 11.9. The van der Waals surface area contributed by atoms with Gasteiger partial charge in [0, 0.05) is 5.39 Å². The lowest BCUT2D eigenvalue weighted by molar-refractivity contribution is -0.303. The number of benzene rings is 2. The third kappa shape index (κ3) is 2.49. The summed E-state index contributed by atoms with van der Waals surface area (Å²) in [4.78, 5) is 10.4. The number of nitrogens with one attached hydrogen (secondary N) is 1. The van der Waals surface area contributed by atoms with Crippen LogP contribution in [0.5, 0.6) is 0 Å². The molecule has 0 aliphatic rings. The van der Waals surface area contributed by atoms with Gasteiger partial charge in [-0.05, 0) is 11.5 Å². The molecule has 0 spiro atoms. The molecule has 0 atom stereocenters. The summed E-state index contributed by atoms with van der Waals surface area (Å²) in [5.41, 5.74) is 0. The molecule has 0 saturated heterocycles. The van der Waals surface area contributed by atoms with Gasteiger partial charge in [-0.15, -0.1) is 0 Å². The van der Waals surface area contributed by atoms with Gasteiger partial charge >= 0.3 is 0 Å². The van der Waals surface area contributed by atoms with E-state index in [-0.39, 0.29) is 4.90 Å². The molecule has 2 rings (SSSR count). The van der Waals surface area contributed by atoms with Gasteiger partial charge in [0.25, 0.3) is 0 Å². The first-order valence-electron chi connectivity index (χ1n) is 5.18. The van der Waals surface area contributed by atoms with E-state index in [1.165, 1.54) is 6.07 Å². The third-order valence-corrected chi connectivity index (χ3v) is 3.91. The zero-order chi connectivity index (χ0) is 13.2. The van der Waals surface area contributed by atoms with Crippen LogP contribution < -0.4 is 9.83 Å². The summed E-state index contributed by atoms with van der Waals surface area (Å²) < 4.78 is 25.9. The van der Waals surface area contributed by atoms with Crippen molar-refractivity contribution < 1.29 is 18.3 Å². The predicted molar refractivity (Wildman–Crippen MR) is 64.1 cm³/mol. The van der Waals surface area contributed by atoms with Crippen LogP contribution in [0.25, 0.3) is 10.8 Å². The first-order chi connectivity index (χ1) is 8.50. The maximum atomic E-state index is 11.9. The van der Waals surface area contributed by atoms with Crippen LogP contribution >= 0.6 is 0 Å². The van der Waals surface area contributed by atoms with Gasteiger partial charge in [-0.2, -0.15) is 0 Å². The molecule has 0 bridgehead atoms. The van der Waals surface area contributed by atoms with Crippen molar-refractivity contribution in [1.29, 1.82) is 0 Å². The minimum absolute atomic E-state index is 0.0573. The second-order valence-electron chi connectivity index (χ2n) is 3.67. The van der Waals surface area contributed by atoms with Crippen molar-refractivity contribution in [3.8, 4) is 0 Å². The topological polar surface area (TPSA) is 86.3 Å². The Balaban J connectivity index is 2.50. The predicted octanol–water partition coefficient (Wildman–Crippen LogP) is -0.132. The van der Waals surface area contributed by atoms with Crippen molar-refractivity contribution in [3.63, 3.8) is 0 Å². The van der Waals surface area contributed by atoms with Crippen LogP contribution in [0.15, 0.2) is 47.4 Å². The number of carboxylic acid groups (broad SMARTS) is 1. The molecule has 0 unspecified atom stereocenters. The van der Waals surface area contributed by atoms with Gasteiger partial charge in [-0.1, -0.05) is 36.4 Å². The number of carboxylic acids is 1. The van der Waals surface area contributed by atoms with Crippen molar-refractivity contribution in [2.45, 2.75) is 4.90 Å². The van der Waals surface area contributed by atoms with Crippen molar-refractivity contribution in [2.75, 3.05) is 6.54 Å². The average molecular weight is 264 g/mol.